The van der Waals surface area contributed by atoms with E-state index in [4.69, 9.17) is 18.0 Å². The Bertz CT molecular complexity index is 664. The van der Waals surface area contributed by atoms with E-state index >= 15 is 0 Å². The standard InChI is InChI=1S/C14H15BrN4O3S/c1-2-18-13(22)10(7-11(16)20)19(14(18)23)17-12(21)8-3-5-9(15)6-4-8/h3-6,10H,2,7H2,1H3,(H2,16,20)(H,17,21)/t10-/m0/s1. The molecule has 1 aliphatic heterocycles. The van der Waals surface area contributed by atoms with Crippen LogP contribution in [0.1, 0.15) is 23.7 Å². The predicted molar refractivity (Wildman–Crippen MR) is 91.0 cm³/mol. The fraction of sp³-hybridized carbons (Fsp3) is 0.286. The van der Waals surface area contributed by atoms with Gasteiger partial charge >= 0.3 is 0 Å². The second-order valence-electron chi connectivity index (χ2n) is 4.87. The molecule has 1 fully saturated rings. The van der Waals surface area contributed by atoms with Crippen molar-refractivity contribution in [3.63, 3.8) is 0 Å². The second-order valence-corrected chi connectivity index (χ2v) is 6.15. The molecule has 9 heteroatoms. The first-order valence-electron chi connectivity index (χ1n) is 6.84. The number of carbonyl (C=O) groups excluding carboxylic acids is 3. The van der Waals surface area contributed by atoms with Crippen LogP contribution in [0.15, 0.2) is 28.7 Å². The van der Waals surface area contributed by atoms with Gasteiger partial charge in [-0.15, -0.1) is 0 Å². The summed E-state index contributed by atoms with van der Waals surface area (Å²) in [7, 11) is 0. The lowest BCUT2D eigenvalue weighted by molar-refractivity contribution is -0.131. The molecule has 0 radical (unpaired) electrons. The van der Waals surface area contributed by atoms with Crippen LogP contribution in [0.25, 0.3) is 0 Å². The first kappa shape index (κ1) is 17.4. The number of halogens is 1. The van der Waals surface area contributed by atoms with Crippen molar-refractivity contribution in [1.82, 2.24) is 15.3 Å². The predicted octanol–water partition coefficient (Wildman–Crippen LogP) is 0.787. The number of primary amides is 1. The van der Waals surface area contributed by atoms with Gasteiger partial charge in [-0.05, 0) is 43.4 Å². The Labute approximate surface area is 146 Å². The monoisotopic (exact) mass is 398 g/mol. The van der Waals surface area contributed by atoms with Gasteiger partial charge in [0.2, 0.25) is 5.91 Å². The SMILES string of the molecule is CCN1C(=O)[C@H](CC(N)=O)N(NC(=O)c2ccc(Br)cc2)C1=S. The number of hydrogen-bond donors (Lipinski definition) is 2. The number of carbonyl (C=O) groups is 3. The van der Waals surface area contributed by atoms with Gasteiger partial charge in [0.1, 0.15) is 6.04 Å². The zero-order valence-corrected chi connectivity index (χ0v) is 14.7. The number of nitrogens with one attached hydrogen (secondary N) is 1. The van der Waals surface area contributed by atoms with Crippen molar-refractivity contribution in [2.45, 2.75) is 19.4 Å². The van der Waals surface area contributed by atoms with Gasteiger partial charge < -0.3 is 5.73 Å². The maximum Gasteiger partial charge on any atom is 0.269 e. The van der Waals surface area contributed by atoms with Crippen LogP contribution < -0.4 is 11.2 Å². The van der Waals surface area contributed by atoms with Gasteiger partial charge in [0.05, 0.1) is 6.42 Å². The molecule has 2 rings (SSSR count). The molecule has 1 atom stereocenters. The Morgan fingerprint density at radius 1 is 1.35 bits per heavy atom. The molecule has 0 spiro atoms. The third-order valence-electron chi connectivity index (χ3n) is 3.34. The van der Waals surface area contributed by atoms with Gasteiger partial charge in [-0.1, -0.05) is 15.9 Å². The number of nitrogens with zero attached hydrogens (tertiary/aromatic N) is 2. The largest absolute Gasteiger partial charge is 0.370 e. The zero-order valence-electron chi connectivity index (χ0n) is 12.3. The topological polar surface area (TPSA) is 95.7 Å². The highest BCUT2D eigenvalue weighted by Gasteiger charge is 2.43. The molecule has 1 saturated heterocycles. The summed E-state index contributed by atoms with van der Waals surface area (Å²) in [6.07, 6.45) is -0.226. The summed E-state index contributed by atoms with van der Waals surface area (Å²) in [5.74, 6) is -1.43. The quantitative estimate of drug-likeness (QED) is 0.714. The molecule has 1 aromatic rings. The molecule has 0 saturated carbocycles. The fourth-order valence-corrected chi connectivity index (χ4v) is 2.87. The summed E-state index contributed by atoms with van der Waals surface area (Å²) in [6.45, 7) is 2.10. The van der Waals surface area contributed by atoms with Gasteiger partial charge in [0.15, 0.2) is 5.11 Å². The summed E-state index contributed by atoms with van der Waals surface area (Å²) < 4.78 is 0.838. The van der Waals surface area contributed by atoms with Crippen molar-refractivity contribution in [2.24, 2.45) is 5.73 Å². The van der Waals surface area contributed by atoms with E-state index in [9.17, 15) is 14.4 Å². The lowest BCUT2D eigenvalue weighted by Crippen LogP contribution is -2.49. The lowest BCUT2D eigenvalue weighted by Gasteiger charge is -2.23. The third-order valence-corrected chi connectivity index (χ3v) is 4.28. The molecule has 3 N–H and O–H groups in total. The van der Waals surface area contributed by atoms with Crippen molar-refractivity contribution in [3.8, 4) is 0 Å². The molecule has 7 nitrogen and oxygen atoms in total. The van der Waals surface area contributed by atoms with Gasteiger partial charge in [-0.3, -0.25) is 24.7 Å². The molecule has 1 aliphatic rings. The minimum absolute atomic E-state index is 0.147. The molecule has 0 bridgehead atoms. The number of amides is 3. The van der Waals surface area contributed by atoms with E-state index < -0.39 is 17.9 Å². The Balaban J connectivity index is 2.22. The van der Waals surface area contributed by atoms with E-state index in [0.717, 1.165) is 4.47 Å². The summed E-state index contributed by atoms with van der Waals surface area (Å²) >= 11 is 8.50. The number of hydrogen-bond acceptors (Lipinski definition) is 4. The van der Waals surface area contributed by atoms with E-state index in [0.29, 0.717) is 12.1 Å². The molecule has 3 amide bonds. The fourth-order valence-electron chi connectivity index (χ4n) is 2.21. The van der Waals surface area contributed by atoms with Crippen LogP contribution in [0.3, 0.4) is 0 Å². The smallest absolute Gasteiger partial charge is 0.269 e. The Morgan fingerprint density at radius 2 is 1.96 bits per heavy atom. The molecule has 0 aliphatic carbocycles. The molecule has 0 aromatic heterocycles. The van der Waals surface area contributed by atoms with E-state index in [1.807, 2.05) is 0 Å². The van der Waals surface area contributed by atoms with Crippen molar-refractivity contribution in [3.05, 3.63) is 34.3 Å². The number of likely N-dealkylation sites (N-methyl/N-ethyl adjacent to an activating group) is 1. The van der Waals surface area contributed by atoms with Crippen molar-refractivity contribution < 1.29 is 14.4 Å². The lowest BCUT2D eigenvalue weighted by atomic mass is 10.2. The molecule has 23 heavy (non-hydrogen) atoms. The Hall–Kier alpha value is -2.00. The van der Waals surface area contributed by atoms with Crippen LogP contribution in [-0.4, -0.2) is 45.3 Å². The first-order chi connectivity index (χ1) is 10.8. The molecule has 1 heterocycles. The van der Waals surface area contributed by atoms with Crippen molar-refractivity contribution in [1.29, 1.82) is 0 Å². The van der Waals surface area contributed by atoms with E-state index in [1.54, 1.807) is 31.2 Å². The number of benzene rings is 1. The first-order valence-corrected chi connectivity index (χ1v) is 8.04. The van der Waals surface area contributed by atoms with Gasteiger partial charge in [0, 0.05) is 16.6 Å². The number of thiocarbonyl (C=S) groups is 1. The maximum absolute atomic E-state index is 12.3. The van der Waals surface area contributed by atoms with Crippen LogP contribution in [0.5, 0.6) is 0 Å². The van der Waals surface area contributed by atoms with Crippen LogP contribution in [0.4, 0.5) is 0 Å². The number of nitrogens with two attached hydrogens (primary N) is 1. The molecular weight excluding hydrogens is 384 g/mol. The minimum Gasteiger partial charge on any atom is -0.370 e. The molecule has 0 unspecified atom stereocenters. The third kappa shape index (κ3) is 3.67. The average Bonchev–Trinajstić information content (AvgIpc) is 2.71. The molecular formula is C14H15BrN4O3S. The van der Waals surface area contributed by atoms with Crippen LogP contribution >= 0.6 is 28.1 Å². The minimum atomic E-state index is -0.917. The van der Waals surface area contributed by atoms with Crippen molar-refractivity contribution in [2.75, 3.05) is 6.54 Å². The molecule has 1 aromatic carbocycles. The Kier molecular flexibility index (Phi) is 5.32. The second kappa shape index (κ2) is 7.05. The summed E-state index contributed by atoms with van der Waals surface area (Å²) in [6, 6.07) is 5.78. The highest BCUT2D eigenvalue weighted by molar-refractivity contribution is 9.10. The van der Waals surface area contributed by atoms with E-state index in [-0.39, 0.29) is 17.4 Å². The normalized spacial score (nSPS) is 17.6. The van der Waals surface area contributed by atoms with Crippen LogP contribution in [0, 0.1) is 0 Å². The Morgan fingerprint density at radius 3 is 2.48 bits per heavy atom. The van der Waals surface area contributed by atoms with E-state index in [1.165, 1.54) is 9.91 Å². The average molecular weight is 399 g/mol. The highest BCUT2D eigenvalue weighted by Crippen LogP contribution is 2.19. The number of rotatable bonds is 5. The van der Waals surface area contributed by atoms with Gasteiger partial charge in [0.25, 0.3) is 11.8 Å². The van der Waals surface area contributed by atoms with Crippen LogP contribution in [-0.2, 0) is 9.59 Å². The zero-order chi connectivity index (χ0) is 17.1. The summed E-state index contributed by atoms with van der Waals surface area (Å²) in [5, 5.41) is 1.38. The summed E-state index contributed by atoms with van der Waals surface area (Å²) in [5.41, 5.74) is 8.17. The van der Waals surface area contributed by atoms with E-state index in [2.05, 4.69) is 21.4 Å². The van der Waals surface area contributed by atoms with Gasteiger partial charge in [-0.2, -0.15) is 0 Å². The summed E-state index contributed by atoms with van der Waals surface area (Å²) in [4.78, 5) is 37.1. The number of hydrazine groups is 1. The molecule has 122 valence electrons. The maximum atomic E-state index is 12.3. The van der Waals surface area contributed by atoms with Gasteiger partial charge in [-0.25, -0.2) is 5.01 Å². The van der Waals surface area contributed by atoms with Crippen LogP contribution in [0.2, 0.25) is 0 Å². The highest BCUT2D eigenvalue weighted by atomic mass is 79.9. The van der Waals surface area contributed by atoms with Crippen molar-refractivity contribution >= 4 is 51.0 Å².